The fourth-order valence-electron chi connectivity index (χ4n) is 1.45. The lowest BCUT2D eigenvalue weighted by Crippen LogP contribution is -2.33. The van der Waals surface area contributed by atoms with Crippen LogP contribution < -0.4 is 5.73 Å². The first-order valence-electron chi connectivity index (χ1n) is 4.96. The van der Waals surface area contributed by atoms with Crippen LogP contribution in [0.3, 0.4) is 0 Å². The minimum atomic E-state index is -4.00. The maximum Gasteiger partial charge on any atom is 0.273 e. The van der Waals surface area contributed by atoms with Crippen molar-refractivity contribution < 1.29 is 18.1 Å². The van der Waals surface area contributed by atoms with E-state index in [0.717, 1.165) is 6.92 Å². The van der Waals surface area contributed by atoms with E-state index in [1.165, 1.54) is 25.1 Å². The lowest BCUT2D eigenvalue weighted by Gasteiger charge is -2.11. The fraction of sp³-hybridized carbons (Fsp3) is 0.300. The lowest BCUT2D eigenvalue weighted by molar-refractivity contribution is -0.385. The molecule has 0 aliphatic carbocycles. The number of nitro benzene ring substituents is 1. The van der Waals surface area contributed by atoms with Crippen LogP contribution >= 0.6 is 0 Å². The van der Waals surface area contributed by atoms with Crippen LogP contribution in [0.5, 0.6) is 0 Å². The van der Waals surface area contributed by atoms with Crippen LogP contribution in [-0.4, -0.2) is 24.5 Å². The van der Waals surface area contributed by atoms with Crippen molar-refractivity contribution in [3.8, 4) is 0 Å². The summed E-state index contributed by atoms with van der Waals surface area (Å²) in [5, 5.41) is 9.29. The Balaban J connectivity index is 3.48. The van der Waals surface area contributed by atoms with Crippen molar-refractivity contribution in [3.63, 3.8) is 0 Å². The zero-order chi connectivity index (χ0) is 14.1. The van der Waals surface area contributed by atoms with E-state index in [1.807, 2.05) is 0 Å². The topological polar surface area (TPSA) is 120 Å². The van der Waals surface area contributed by atoms with Crippen LogP contribution in [0, 0.1) is 17.0 Å². The van der Waals surface area contributed by atoms with Crippen molar-refractivity contribution in [1.82, 2.24) is 0 Å². The van der Waals surface area contributed by atoms with Gasteiger partial charge in [0.05, 0.1) is 9.82 Å². The maximum atomic E-state index is 12.0. The minimum absolute atomic E-state index is 0.00407. The minimum Gasteiger partial charge on any atom is -0.369 e. The van der Waals surface area contributed by atoms with E-state index in [1.54, 1.807) is 0 Å². The number of primary amides is 1. The quantitative estimate of drug-likeness (QED) is 0.633. The first-order chi connectivity index (χ1) is 8.19. The van der Waals surface area contributed by atoms with Gasteiger partial charge in [-0.15, -0.1) is 0 Å². The summed E-state index contributed by atoms with van der Waals surface area (Å²) in [4.78, 5) is 20.8. The summed E-state index contributed by atoms with van der Waals surface area (Å²) in [7, 11) is -4.00. The van der Waals surface area contributed by atoms with Gasteiger partial charge in [-0.25, -0.2) is 8.42 Å². The number of carbonyl (C=O) groups is 1. The highest BCUT2D eigenvalue weighted by molar-refractivity contribution is 7.92. The Bertz CT molecular complexity index is 609. The first kappa shape index (κ1) is 14.1. The zero-order valence-electron chi connectivity index (χ0n) is 9.78. The van der Waals surface area contributed by atoms with E-state index in [0.29, 0.717) is 0 Å². The highest BCUT2D eigenvalue weighted by Crippen LogP contribution is 2.27. The number of nitro groups is 1. The molecule has 1 aromatic carbocycles. The van der Waals surface area contributed by atoms with Gasteiger partial charge in [-0.3, -0.25) is 14.9 Å². The van der Waals surface area contributed by atoms with Crippen molar-refractivity contribution in [2.24, 2.45) is 5.73 Å². The third-order valence-corrected chi connectivity index (χ3v) is 4.84. The molecule has 7 nitrogen and oxygen atoms in total. The Hall–Kier alpha value is -1.96. The molecule has 1 amide bonds. The van der Waals surface area contributed by atoms with Gasteiger partial charge < -0.3 is 5.73 Å². The van der Waals surface area contributed by atoms with E-state index >= 15 is 0 Å². The number of amides is 1. The molecule has 0 saturated carbocycles. The van der Waals surface area contributed by atoms with Gasteiger partial charge in [-0.1, -0.05) is 6.07 Å². The standard InChI is InChI=1S/C10H12N2O5S/c1-6-8(12(14)15)4-3-5-9(6)18(16,17)7(2)10(11)13/h3-5,7H,1-2H3,(H2,11,13). The number of hydrogen-bond acceptors (Lipinski definition) is 5. The number of nitrogens with two attached hydrogens (primary N) is 1. The van der Waals surface area contributed by atoms with E-state index < -0.39 is 25.9 Å². The molecule has 1 atom stereocenters. The van der Waals surface area contributed by atoms with Gasteiger partial charge in [0.25, 0.3) is 5.69 Å². The summed E-state index contributed by atoms with van der Waals surface area (Å²) in [5.74, 6) is -0.999. The van der Waals surface area contributed by atoms with Crippen LogP contribution in [0.2, 0.25) is 0 Å². The Morgan fingerprint density at radius 3 is 2.44 bits per heavy atom. The zero-order valence-corrected chi connectivity index (χ0v) is 10.6. The molecular weight excluding hydrogens is 260 g/mol. The van der Waals surface area contributed by atoms with Crippen molar-refractivity contribution in [1.29, 1.82) is 0 Å². The average Bonchev–Trinajstić information content (AvgIpc) is 2.27. The number of rotatable bonds is 4. The molecule has 0 bridgehead atoms. The van der Waals surface area contributed by atoms with Crippen LogP contribution in [0.15, 0.2) is 23.1 Å². The molecule has 8 heteroatoms. The molecule has 1 aromatic rings. The Morgan fingerprint density at radius 2 is 2.00 bits per heavy atom. The Kier molecular flexibility index (Phi) is 3.70. The molecule has 98 valence electrons. The van der Waals surface area contributed by atoms with Crippen LogP contribution in [0.1, 0.15) is 12.5 Å². The molecule has 0 aromatic heterocycles. The molecule has 0 radical (unpaired) electrons. The molecular formula is C10H12N2O5S. The molecule has 18 heavy (non-hydrogen) atoms. The van der Waals surface area contributed by atoms with Gasteiger partial charge >= 0.3 is 0 Å². The summed E-state index contributed by atoms with van der Waals surface area (Å²) in [6.07, 6.45) is 0. The summed E-state index contributed by atoms with van der Waals surface area (Å²) in [6.45, 7) is 2.47. The van der Waals surface area contributed by atoms with Crippen molar-refractivity contribution in [3.05, 3.63) is 33.9 Å². The van der Waals surface area contributed by atoms with Gasteiger partial charge in [0.2, 0.25) is 5.91 Å². The second-order valence-electron chi connectivity index (χ2n) is 3.75. The molecule has 0 aliphatic rings. The SMILES string of the molecule is Cc1c([N+](=O)[O-])cccc1S(=O)(=O)C(C)C(N)=O. The van der Waals surface area contributed by atoms with Crippen molar-refractivity contribution >= 4 is 21.4 Å². The van der Waals surface area contributed by atoms with E-state index in [4.69, 9.17) is 5.73 Å². The van der Waals surface area contributed by atoms with Gasteiger partial charge in [-0.05, 0) is 19.9 Å². The second kappa shape index (κ2) is 4.73. The number of nitrogens with zero attached hydrogens (tertiary/aromatic N) is 1. The second-order valence-corrected chi connectivity index (χ2v) is 5.98. The van der Waals surface area contributed by atoms with Crippen molar-refractivity contribution in [2.45, 2.75) is 24.0 Å². The van der Waals surface area contributed by atoms with Crippen molar-refractivity contribution in [2.75, 3.05) is 0 Å². The van der Waals surface area contributed by atoms with E-state index in [9.17, 15) is 23.3 Å². The summed E-state index contributed by atoms with van der Waals surface area (Å²) >= 11 is 0. The van der Waals surface area contributed by atoms with Gasteiger partial charge in [0.15, 0.2) is 9.84 Å². The summed E-state index contributed by atoms with van der Waals surface area (Å²) in [5.41, 5.74) is 4.64. The molecule has 0 heterocycles. The molecule has 0 spiro atoms. The number of sulfone groups is 1. The predicted molar refractivity (Wildman–Crippen MR) is 63.7 cm³/mol. The molecule has 0 fully saturated rings. The largest absolute Gasteiger partial charge is 0.369 e. The lowest BCUT2D eigenvalue weighted by atomic mass is 10.2. The van der Waals surface area contributed by atoms with Gasteiger partial charge in [0, 0.05) is 11.6 Å². The van der Waals surface area contributed by atoms with Crippen LogP contribution in [0.25, 0.3) is 0 Å². The number of hydrogen-bond donors (Lipinski definition) is 1. The van der Waals surface area contributed by atoms with E-state index in [2.05, 4.69) is 0 Å². The van der Waals surface area contributed by atoms with Gasteiger partial charge in [-0.2, -0.15) is 0 Å². The normalized spacial score (nSPS) is 13.0. The third-order valence-electron chi connectivity index (χ3n) is 2.62. The first-order valence-corrected chi connectivity index (χ1v) is 6.51. The number of benzene rings is 1. The molecule has 1 unspecified atom stereocenters. The predicted octanol–water partition coefficient (Wildman–Crippen LogP) is 0.551. The van der Waals surface area contributed by atoms with Crippen LogP contribution in [-0.2, 0) is 14.6 Å². The van der Waals surface area contributed by atoms with Gasteiger partial charge in [0.1, 0.15) is 5.25 Å². The monoisotopic (exact) mass is 272 g/mol. The highest BCUT2D eigenvalue weighted by Gasteiger charge is 2.31. The molecule has 1 rings (SSSR count). The smallest absolute Gasteiger partial charge is 0.273 e. The Labute approximate surface area is 104 Å². The molecule has 0 saturated heterocycles. The summed E-state index contributed by atoms with van der Waals surface area (Å²) in [6, 6.07) is 3.67. The van der Waals surface area contributed by atoms with Crippen LogP contribution in [0.4, 0.5) is 5.69 Å². The fourth-order valence-corrected chi connectivity index (χ4v) is 2.94. The highest BCUT2D eigenvalue weighted by atomic mass is 32.2. The Morgan fingerprint density at radius 1 is 1.44 bits per heavy atom. The molecule has 2 N–H and O–H groups in total. The van der Waals surface area contributed by atoms with E-state index in [-0.39, 0.29) is 16.1 Å². The maximum absolute atomic E-state index is 12.0. The number of carbonyl (C=O) groups excluding carboxylic acids is 1. The third kappa shape index (κ3) is 2.33. The average molecular weight is 272 g/mol. The summed E-state index contributed by atoms with van der Waals surface area (Å²) < 4.78 is 24.1. The molecule has 0 aliphatic heterocycles.